The van der Waals surface area contributed by atoms with Gasteiger partial charge in [-0.2, -0.15) is 0 Å². The van der Waals surface area contributed by atoms with Crippen molar-refractivity contribution in [2.75, 3.05) is 31.2 Å². The Kier molecular flexibility index (Phi) is 4.23. The first-order valence-electron chi connectivity index (χ1n) is 6.36. The highest BCUT2D eigenvalue weighted by Gasteiger charge is 2.29. The lowest BCUT2D eigenvalue weighted by atomic mass is 10.2. The number of nitrogens with one attached hydrogen (secondary N) is 1. The lowest BCUT2D eigenvalue weighted by Crippen LogP contribution is -2.48. The van der Waals surface area contributed by atoms with Gasteiger partial charge in [-0.25, -0.2) is 9.59 Å². The summed E-state index contributed by atoms with van der Waals surface area (Å²) in [6, 6.07) is 1.33. The molecule has 110 valence electrons. The minimum atomic E-state index is -0.710. The van der Waals surface area contributed by atoms with Crippen LogP contribution in [-0.2, 0) is 21.3 Å². The average molecular weight is 283 g/mol. The number of nitrogens with zero attached hydrogens (tertiary/aromatic N) is 2. The summed E-state index contributed by atoms with van der Waals surface area (Å²) in [4.78, 5) is 38.6. The fourth-order valence-electron chi connectivity index (χ4n) is 2.08. The first kappa shape index (κ1) is 14.3. The number of hydrogen-bond acceptors (Lipinski definition) is 6. The van der Waals surface area contributed by atoms with Gasteiger partial charge in [0.25, 0.3) is 5.56 Å². The predicted molar refractivity (Wildman–Crippen MR) is 70.9 cm³/mol. The summed E-state index contributed by atoms with van der Waals surface area (Å²) >= 11 is 0. The molecule has 8 heteroatoms. The van der Waals surface area contributed by atoms with Gasteiger partial charge in [0.15, 0.2) is 6.10 Å². The molecule has 1 aliphatic rings. The molecule has 0 amide bonds. The maximum Gasteiger partial charge on any atom is 0.337 e. The van der Waals surface area contributed by atoms with Crippen LogP contribution in [0.4, 0.5) is 5.82 Å². The van der Waals surface area contributed by atoms with E-state index < -0.39 is 23.3 Å². The Morgan fingerprint density at radius 1 is 1.55 bits per heavy atom. The molecule has 1 aliphatic heterocycles. The Balaban J connectivity index is 2.23. The third-order valence-electron chi connectivity index (χ3n) is 3.08. The largest absolute Gasteiger partial charge is 0.464 e. The Morgan fingerprint density at radius 3 is 3.00 bits per heavy atom. The summed E-state index contributed by atoms with van der Waals surface area (Å²) in [6.45, 7) is 3.06. The zero-order valence-corrected chi connectivity index (χ0v) is 11.4. The Morgan fingerprint density at radius 2 is 2.30 bits per heavy atom. The van der Waals surface area contributed by atoms with Gasteiger partial charge in [-0.1, -0.05) is 0 Å². The zero-order chi connectivity index (χ0) is 14.7. The van der Waals surface area contributed by atoms with Crippen molar-refractivity contribution in [3.8, 4) is 0 Å². The lowest BCUT2D eigenvalue weighted by Gasteiger charge is -2.33. The molecule has 0 aromatic carbocycles. The number of ether oxygens (including phenoxy) is 2. The van der Waals surface area contributed by atoms with E-state index in [1.54, 1.807) is 18.9 Å². The molecule has 1 unspecified atom stereocenters. The van der Waals surface area contributed by atoms with E-state index in [1.165, 1.54) is 10.6 Å². The molecular weight excluding hydrogens is 266 g/mol. The smallest absolute Gasteiger partial charge is 0.337 e. The second-order valence-electron chi connectivity index (χ2n) is 4.41. The van der Waals surface area contributed by atoms with Gasteiger partial charge in [0.2, 0.25) is 0 Å². The van der Waals surface area contributed by atoms with Gasteiger partial charge in [-0.05, 0) is 6.92 Å². The molecule has 1 aromatic rings. The van der Waals surface area contributed by atoms with Gasteiger partial charge in [0.05, 0.1) is 19.8 Å². The number of hydrogen-bond donors (Lipinski definition) is 1. The van der Waals surface area contributed by atoms with Crippen LogP contribution in [0.5, 0.6) is 0 Å². The minimum Gasteiger partial charge on any atom is -0.464 e. The van der Waals surface area contributed by atoms with Gasteiger partial charge in [-0.3, -0.25) is 14.3 Å². The third-order valence-corrected chi connectivity index (χ3v) is 3.08. The van der Waals surface area contributed by atoms with Crippen LogP contribution in [0.15, 0.2) is 15.7 Å². The van der Waals surface area contributed by atoms with Crippen LogP contribution in [0, 0.1) is 0 Å². The van der Waals surface area contributed by atoms with E-state index in [2.05, 4.69) is 4.98 Å². The maximum atomic E-state index is 11.7. The average Bonchev–Trinajstić information content (AvgIpc) is 2.43. The standard InChI is InChI=1S/C12H17N3O5/c1-3-19-11(17)8-7-15(4-5-20-8)10-6-9(16)13-12(18)14(10)2/h6,8H,3-5,7H2,1-2H3,(H,13,16,18). The number of rotatable bonds is 3. The van der Waals surface area contributed by atoms with Crippen molar-refractivity contribution in [1.29, 1.82) is 0 Å². The first-order chi connectivity index (χ1) is 9.52. The van der Waals surface area contributed by atoms with E-state index in [0.717, 1.165) is 0 Å². The molecule has 1 aromatic heterocycles. The van der Waals surface area contributed by atoms with Crippen LogP contribution in [0.1, 0.15) is 6.92 Å². The van der Waals surface area contributed by atoms with Gasteiger partial charge in [0.1, 0.15) is 5.82 Å². The summed E-state index contributed by atoms with van der Waals surface area (Å²) in [6.07, 6.45) is -0.710. The highest BCUT2D eigenvalue weighted by atomic mass is 16.6. The van der Waals surface area contributed by atoms with Gasteiger partial charge >= 0.3 is 11.7 Å². The normalized spacial score (nSPS) is 18.9. The van der Waals surface area contributed by atoms with Crippen LogP contribution in [0.3, 0.4) is 0 Å². The molecule has 2 rings (SSSR count). The number of morpholine rings is 1. The number of anilines is 1. The van der Waals surface area contributed by atoms with Crippen molar-refractivity contribution in [1.82, 2.24) is 9.55 Å². The molecule has 0 spiro atoms. The highest BCUT2D eigenvalue weighted by Crippen LogP contribution is 2.14. The summed E-state index contributed by atoms with van der Waals surface area (Å²) in [5.74, 6) is 0.0170. The molecule has 1 N–H and O–H groups in total. The highest BCUT2D eigenvalue weighted by molar-refractivity contribution is 5.75. The number of carbonyl (C=O) groups excluding carboxylic acids is 1. The van der Waals surface area contributed by atoms with Crippen LogP contribution < -0.4 is 16.1 Å². The second-order valence-corrected chi connectivity index (χ2v) is 4.41. The van der Waals surface area contributed by atoms with Crippen molar-refractivity contribution in [3.63, 3.8) is 0 Å². The molecule has 0 radical (unpaired) electrons. The van der Waals surface area contributed by atoms with Crippen molar-refractivity contribution in [2.24, 2.45) is 7.05 Å². The summed E-state index contributed by atoms with van der Waals surface area (Å²) in [5, 5.41) is 0. The summed E-state index contributed by atoms with van der Waals surface area (Å²) in [5.41, 5.74) is -0.964. The predicted octanol–water partition coefficient (Wildman–Crippen LogP) is -1.16. The van der Waals surface area contributed by atoms with Crippen molar-refractivity contribution in [3.05, 3.63) is 26.9 Å². The van der Waals surface area contributed by atoms with Crippen LogP contribution in [0.2, 0.25) is 0 Å². The van der Waals surface area contributed by atoms with Crippen LogP contribution >= 0.6 is 0 Å². The number of aromatic amines is 1. The Labute approximate surface area is 114 Å². The Bertz CT molecular complexity index is 606. The van der Waals surface area contributed by atoms with E-state index in [-0.39, 0.29) is 13.2 Å². The van der Waals surface area contributed by atoms with E-state index in [9.17, 15) is 14.4 Å². The number of aromatic nitrogens is 2. The summed E-state index contributed by atoms with van der Waals surface area (Å²) in [7, 11) is 1.56. The van der Waals surface area contributed by atoms with E-state index in [4.69, 9.17) is 9.47 Å². The molecule has 2 heterocycles. The molecule has 1 fully saturated rings. The summed E-state index contributed by atoms with van der Waals surface area (Å²) < 4.78 is 11.6. The molecule has 0 aliphatic carbocycles. The number of H-pyrrole nitrogens is 1. The van der Waals surface area contributed by atoms with Gasteiger partial charge in [0, 0.05) is 19.7 Å². The SMILES string of the molecule is CCOC(=O)C1CN(c2cc(=O)[nH]c(=O)n2C)CCO1. The molecule has 0 saturated carbocycles. The fraction of sp³-hybridized carbons (Fsp3) is 0.583. The van der Waals surface area contributed by atoms with Crippen LogP contribution in [-0.4, -0.2) is 47.9 Å². The minimum absolute atomic E-state index is 0.246. The lowest BCUT2D eigenvalue weighted by molar-refractivity contribution is -0.157. The topological polar surface area (TPSA) is 93.6 Å². The quantitative estimate of drug-likeness (QED) is 0.703. The third kappa shape index (κ3) is 2.90. The van der Waals surface area contributed by atoms with E-state index >= 15 is 0 Å². The Hall–Kier alpha value is -2.09. The van der Waals surface area contributed by atoms with Crippen molar-refractivity contribution in [2.45, 2.75) is 13.0 Å². The number of carbonyl (C=O) groups is 1. The van der Waals surface area contributed by atoms with Gasteiger partial charge < -0.3 is 14.4 Å². The molecule has 0 bridgehead atoms. The second kappa shape index (κ2) is 5.91. The molecular formula is C12H17N3O5. The van der Waals surface area contributed by atoms with Crippen LogP contribution in [0.25, 0.3) is 0 Å². The fourth-order valence-corrected chi connectivity index (χ4v) is 2.08. The molecule has 1 atom stereocenters. The molecule has 8 nitrogen and oxygen atoms in total. The molecule has 1 saturated heterocycles. The van der Waals surface area contributed by atoms with Crippen molar-refractivity contribution >= 4 is 11.8 Å². The zero-order valence-electron chi connectivity index (χ0n) is 11.4. The van der Waals surface area contributed by atoms with Crippen molar-refractivity contribution < 1.29 is 14.3 Å². The molecule has 20 heavy (non-hydrogen) atoms. The first-order valence-corrected chi connectivity index (χ1v) is 6.36. The van der Waals surface area contributed by atoms with E-state index in [0.29, 0.717) is 19.0 Å². The number of esters is 1. The maximum absolute atomic E-state index is 11.7. The monoisotopic (exact) mass is 283 g/mol. The van der Waals surface area contributed by atoms with Gasteiger partial charge in [-0.15, -0.1) is 0 Å². The van der Waals surface area contributed by atoms with E-state index in [1.807, 2.05) is 0 Å².